The summed E-state index contributed by atoms with van der Waals surface area (Å²) in [6, 6.07) is 5.76. The van der Waals surface area contributed by atoms with Gasteiger partial charge in [0.15, 0.2) is 0 Å². The van der Waals surface area contributed by atoms with Gasteiger partial charge in [-0.15, -0.1) is 0 Å². The predicted molar refractivity (Wildman–Crippen MR) is 103 cm³/mol. The van der Waals surface area contributed by atoms with Crippen LogP contribution in [0, 0.1) is 5.92 Å². The van der Waals surface area contributed by atoms with Crippen LogP contribution >= 0.6 is 0 Å². The Kier molecular flexibility index (Phi) is 5.24. The topological polar surface area (TPSA) is 88.3 Å². The number of aromatic nitrogens is 1. The molecule has 3 unspecified atom stereocenters. The third-order valence-electron chi connectivity index (χ3n) is 5.55. The quantitative estimate of drug-likeness (QED) is 0.683. The normalized spacial score (nSPS) is 23.1. The monoisotopic (exact) mass is 460 g/mol. The number of hydrogen-bond acceptors (Lipinski definition) is 4. The fourth-order valence-corrected chi connectivity index (χ4v) is 4.52. The van der Waals surface area contributed by atoms with Gasteiger partial charge in [-0.2, -0.15) is 13.2 Å². The van der Waals surface area contributed by atoms with Gasteiger partial charge in [0.05, 0.1) is 16.0 Å². The van der Waals surface area contributed by atoms with Crippen molar-refractivity contribution in [1.29, 1.82) is 0 Å². The van der Waals surface area contributed by atoms with Gasteiger partial charge in [0, 0.05) is 36.8 Å². The van der Waals surface area contributed by atoms with E-state index in [0.717, 1.165) is 0 Å². The molecule has 1 aliphatic carbocycles. The van der Waals surface area contributed by atoms with Gasteiger partial charge in [-0.3, -0.25) is 4.79 Å². The van der Waals surface area contributed by atoms with Gasteiger partial charge in [-0.1, -0.05) is 6.07 Å². The van der Waals surface area contributed by atoms with Gasteiger partial charge >= 0.3 is 6.18 Å². The largest absolute Gasteiger partial charge is 0.417 e. The number of benzene rings is 1. The van der Waals surface area contributed by atoms with Crippen LogP contribution in [-0.2, 0) is 17.2 Å². The van der Waals surface area contributed by atoms with Crippen LogP contribution < -0.4 is 15.4 Å². The first-order chi connectivity index (χ1) is 14.5. The molecule has 12 heteroatoms. The first-order valence-corrected chi connectivity index (χ1v) is 10.5. The summed E-state index contributed by atoms with van der Waals surface area (Å²) in [5.41, 5.74) is -1.35. The third kappa shape index (κ3) is 4.13. The number of halogens is 5. The molecule has 1 aromatic heterocycles. The molecule has 1 aliphatic heterocycles. The van der Waals surface area contributed by atoms with E-state index in [9.17, 15) is 31.0 Å². The smallest absolute Gasteiger partial charge is 0.352 e. The highest BCUT2D eigenvalue weighted by molar-refractivity contribution is 7.82. The molecule has 1 amide bonds. The van der Waals surface area contributed by atoms with Gasteiger partial charge in [-0.05, 0) is 30.7 Å². The Morgan fingerprint density at radius 1 is 1.29 bits per heavy atom. The number of fused-ring (bicyclic) bond motifs is 2. The number of pyridine rings is 1. The maximum absolute atomic E-state index is 13.9. The van der Waals surface area contributed by atoms with E-state index in [1.165, 1.54) is 29.2 Å². The summed E-state index contributed by atoms with van der Waals surface area (Å²) < 4.78 is 78.9. The third-order valence-corrected chi connectivity index (χ3v) is 6.27. The van der Waals surface area contributed by atoms with Gasteiger partial charge in [-0.25, -0.2) is 23.1 Å². The van der Waals surface area contributed by atoms with Crippen LogP contribution in [0.2, 0.25) is 0 Å². The number of nitrogens with one attached hydrogen (secondary N) is 1. The fraction of sp³-hybridized carbons (Fsp3) is 0.368. The highest BCUT2D eigenvalue weighted by Gasteiger charge is 2.56. The predicted octanol–water partition coefficient (Wildman–Crippen LogP) is 3.57. The number of alkyl halides is 5. The molecule has 0 spiro atoms. The molecule has 2 heterocycles. The van der Waals surface area contributed by atoms with E-state index in [-0.39, 0.29) is 34.9 Å². The number of nitrogens with two attached hydrogens (primary N) is 1. The molecule has 4 rings (SSSR count). The Hall–Kier alpha value is -2.60. The van der Waals surface area contributed by atoms with Gasteiger partial charge in [0.2, 0.25) is 0 Å². The van der Waals surface area contributed by atoms with Crippen LogP contribution in [0.3, 0.4) is 0 Å². The molecule has 1 saturated carbocycles. The highest BCUT2D eigenvalue weighted by atomic mass is 32.2. The molecule has 3 N–H and O–H groups in total. The van der Waals surface area contributed by atoms with E-state index in [2.05, 4.69) is 10.3 Å². The summed E-state index contributed by atoms with van der Waals surface area (Å²) in [5, 5.41) is 7.76. The van der Waals surface area contributed by atoms with Crippen molar-refractivity contribution in [3.8, 4) is 0 Å². The molecule has 3 atom stereocenters. The fourth-order valence-electron chi connectivity index (χ4n) is 4.06. The zero-order valence-electron chi connectivity index (χ0n) is 15.8. The molecule has 2 aromatic rings. The lowest BCUT2D eigenvalue weighted by atomic mass is 10.0. The number of nitrogens with zero attached hydrogens (tertiary/aromatic N) is 2. The zero-order valence-corrected chi connectivity index (χ0v) is 16.6. The Labute approximate surface area is 176 Å². The number of piperidine rings is 1. The molecular formula is C19H17F5N4O2S. The van der Waals surface area contributed by atoms with Crippen molar-refractivity contribution in [1.82, 2.24) is 4.98 Å². The van der Waals surface area contributed by atoms with Gasteiger partial charge in [0.25, 0.3) is 11.8 Å². The number of carbonyl (C=O) groups is 1. The lowest BCUT2D eigenvalue weighted by Crippen LogP contribution is -2.42. The summed E-state index contributed by atoms with van der Waals surface area (Å²) >= 11 is 0. The van der Waals surface area contributed by atoms with Crippen LogP contribution in [0.1, 0.15) is 28.8 Å². The Bertz CT molecular complexity index is 1060. The van der Waals surface area contributed by atoms with E-state index in [4.69, 9.17) is 5.14 Å². The van der Waals surface area contributed by atoms with Crippen molar-refractivity contribution >= 4 is 28.4 Å². The summed E-state index contributed by atoms with van der Waals surface area (Å²) in [5.74, 6) is -4.75. The van der Waals surface area contributed by atoms with Crippen LogP contribution in [0.25, 0.3) is 0 Å². The van der Waals surface area contributed by atoms with Crippen molar-refractivity contribution in [3.05, 3.63) is 47.7 Å². The summed E-state index contributed by atoms with van der Waals surface area (Å²) in [4.78, 5) is 18.4. The number of anilines is 2. The molecule has 0 radical (unpaired) electrons. The minimum absolute atomic E-state index is 0.0768. The maximum Gasteiger partial charge on any atom is 0.417 e. The van der Waals surface area contributed by atoms with Crippen molar-refractivity contribution in [2.75, 3.05) is 16.8 Å². The van der Waals surface area contributed by atoms with Crippen LogP contribution in [0.5, 0.6) is 0 Å². The standard InChI is InChI=1S/C19H17F5N4O2S/c20-18(21)7-13-4-11(18)9-28(13)16-15(5-10(8-26-16)19(22,23)24)17(29)27-12-2-1-3-14(6-12)31(25)30/h1-3,5-6,8,11,13H,4,7,9,25H2,(H,27,29). The van der Waals surface area contributed by atoms with Crippen molar-refractivity contribution < 1.29 is 31.0 Å². The van der Waals surface area contributed by atoms with Crippen LogP contribution in [-0.4, -0.2) is 33.6 Å². The van der Waals surface area contributed by atoms with Crippen molar-refractivity contribution in [2.45, 2.75) is 35.9 Å². The van der Waals surface area contributed by atoms with Crippen molar-refractivity contribution in [2.24, 2.45) is 11.1 Å². The second kappa shape index (κ2) is 7.52. The molecule has 1 saturated heterocycles. The highest BCUT2D eigenvalue weighted by Crippen LogP contribution is 2.49. The van der Waals surface area contributed by atoms with E-state index in [1.54, 1.807) is 0 Å². The van der Waals surface area contributed by atoms with Crippen molar-refractivity contribution in [3.63, 3.8) is 0 Å². The number of carbonyl (C=O) groups excluding carboxylic acids is 1. The van der Waals surface area contributed by atoms with E-state index in [1.807, 2.05) is 0 Å². The van der Waals surface area contributed by atoms with Crippen LogP contribution in [0.4, 0.5) is 33.5 Å². The molecule has 1 aromatic carbocycles. The minimum Gasteiger partial charge on any atom is -0.352 e. The first kappa shape index (κ1) is 21.6. The summed E-state index contributed by atoms with van der Waals surface area (Å²) in [6.45, 7) is -0.0993. The van der Waals surface area contributed by atoms with E-state index >= 15 is 0 Å². The molecular weight excluding hydrogens is 443 g/mol. The minimum atomic E-state index is -4.74. The summed E-state index contributed by atoms with van der Waals surface area (Å²) in [6.07, 6.45) is -4.41. The molecule has 6 nitrogen and oxygen atoms in total. The number of hydrogen-bond donors (Lipinski definition) is 2. The summed E-state index contributed by atoms with van der Waals surface area (Å²) in [7, 11) is -1.82. The lowest BCUT2D eigenvalue weighted by molar-refractivity contribution is -0.137. The zero-order chi connectivity index (χ0) is 22.6. The second-order valence-electron chi connectivity index (χ2n) is 7.58. The van der Waals surface area contributed by atoms with Crippen LogP contribution in [0.15, 0.2) is 41.4 Å². The van der Waals surface area contributed by atoms with E-state index < -0.39 is 52.9 Å². The Balaban J connectivity index is 1.69. The van der Waals surface area contributed by atoms with E-state index in [0.29, 0.717) is 12.3 Å². The Morgan fingerprint density at radius 3 is 2.61 bits per heavy atom. The molecule has 2 aliphatic rings. The van der Waals surface area contributed by atoms with Gasteiger partial charge in [0.1, 0.15) is 16.8 Å². The van der Waals surface area contributed by atoms with Gasteiger partial charge < -0.3 is 10.2 Å². The maximum atomic E-state index is 13.9. The molecule has 2 bridgehead atoms. The molecule has 31 heavy (non-hydrogen) atoms. The Morgan fingerprint density at radius 2 is 2.03 bits per heavy atom. The number of rotatable bonds is 4. The first-order valence-electron chi connectivity index (χ1n) is 9.25. The number of amides is 1. The SMILES string of the molecule is NS(=O)c1cccc(NC(=O)c2cc(C(F)(F)F)cnc2N2CC3CC2CC3(F)F)c1. The average Bonchev–Trinajstić information content (AvgIpc) is 3.23. The second-order valence-corrected chi connectivity index (χ2v) is 8.64. The molecule has 2 fully saturated rings. The average molecular weight is 460 g/mol. The lowest BCUT2D eigenvalue weighted by Gasteiger charge is -2.33. The molecule has 166 valence electrons.